The molecule has 1 N–H and O–H groups in total. The Bertz CT molecular complexity index is 643. The topological polar surface area (TPSA) is 37.3 Å². The van der Waals surface area contributed by atoms with Gasteiger partial charge in [-0.1, -0.05) is 6.92 Å². The second kappa shape index (κ2) is 5.57. The lowest BCUT2D eigenvalue weighted by Crippen LogP contribution is -2.59. The fourth-order valence-electron chi connectivity index (χ4n) is 6.72. The van der Waals surface area contributed by atoms with Gasteiger partial charge in [0.05, 0.1) is 4.48 Å². The zero-order valence-corrected chi connectivity index (χ0v) is 15.9. The van der Waals surface area contributed by atoms with Gasteiger partial charge >= 0.3 is 6.18 Å². The quantitative estimate of drug-likeness (QED) is 0.588. The maximum absolute atomic E-state index is 13.6. The van der Waals surface area contributed by atoms with E-state index in [0.29, 0.717) is 31.1 Å². The first kappa shape index (κ1) is 18.0. The second-order valence-corrected chi connectivity index (χ2v) is 9.53. The third-order valence-corrected chi connectivity index (χ3v) is 8.99. The highest BCUT2D eigenvalue weighted by molar-refractivity contribution is 9.12. The van der Waals surface area contributed by atoms with Crippen LogP contribution in [-0.2, 0) is 4.79 Å². The molecule has 0 spiro atoms. The molecule has 0 heterocycles. The van der Waals surface area contributed by atoms with Crippen molar-refractivity contribution >= 4 is 21.7 Å². The van der Waals surface area contributed by atoms with E-state index in [9.17, 15) is 23.1 Å². The number of Topliss-reactive ketones (excluding diaryl/α,β-unsaturated/α-hetero) is 1. The Morgan fingerprint density at radius 1 is 1.08 bits per heavy atom. The second-order valence-electron chi connectivity index (χ2n) is 8.73. The molecule has 6 atom stereocenters. The number of halogens is 4. The molecule has 0 radical (unpaired) electrons. The van der Waals surface area contributed by atoms with Gasteiger partial charge in [0, 0.05) is 11.8 Å². The molecule has 4 rings (SSSR count). The molecule has 25 heavy (non-hydrogen) atoms. The summed E-state index contributed by atoms with van der Waals surface area (Å²) in [5, 5.41) is 10.6. The van der Waals surface area contributed by atoms with Crippen LogP contribution in [0.25, 0.3) is 0 Å². The predicted molar refractivity (Wildman–Crippen MR) is 91.0 cm³/mol. The molecule has 0 aromatic carbocycles. The van der Waals surface area contributed by atoms with Gasteiger partial charge in [-0.25, -0.2) is 0 Å². The van der Waals surface area contributed by atoms with Crippen LogP contribution in [0.4, 0.5) is 13.2 Å². The molecule has 4 aliphatic carbocycles. The van der Waals surface area contributed by atoms with Gasteiger partial charge in [-0.2, -0.15) is 13.2 Å². The summed E-state index contributed by atoms with van der Waals surface area (Å²) < 4.78 is 41.7. The first-order valence-corrected chi connectivity index (χ1v) is 10.1. The number of hydrogen-bond acceptors (Lipinski definition) is 2. The van der Waals surface area contributed by atoms with E-state index in [4.69, 9.17) is 0 Å². The van der Waals surface area contributed by atoms with Crippen LogP contribution in [0.2, 0.25) is 0 Å². The Kier molecular flexibility index (Phi) is 4.02. The van der Waals surface area contributed by atoms with E-state index in [1.165, 1.54) is 5.57 Å². The Hall–Kier alpha value is -0.360. The third-order valence-electron chi connectivity index (χ3n) is 8.03. The predicted octanol–water partition coefficient (Wildman–Crippen LogP) is 5.14. The van der Waals surface area contributed by atoms with Crippen molar-refractivity contribution in [3.8, 4) is 0 Å². The van der Waals surface area contributed by atoms with E-state index in [1.54, 1.807) is 6.92 Å². The molecule has 0 amide bonds. The van der Waals surface area contributed by atoms with Crippen molar-refractivity contribution in [3.05, 3.63) is 10.1 Å². The smallest absolute Gasteiger partial charge is 0.380 e. The number of allylic oxidation sites excluding steroid dienone is 1. The lowest BCUT2D eigenvalue weighted by molar-refractivity contribution is -0.302. The van der Waals surface area contributed by atoms with Crippen LogP contribution in [-0.4, -0.2) is 22.7 Å². The molecule has 0 saturated heterocycles. The van der Waals surface area contributed by atoms with Crippen LogP contribution in [0.15, 0.2) is 10.1 Å². The van der Waals surface area contributed by atoms with Gasteiger partial charge in [-0.05, 0) is 90.1 Å². The Morgan fingerprint density at radius 3 is 2.48 bits per heavy atom. The number of fused-ring (bicyclic) bond motifs is 5. The number of rotatable bonds is 0. The van der Waals surface area contributed by atoms with Gasteiger partial charge in [0.25, 0.3) is 0 Å². The van der Waals surface area contributed by atoms with Gasteiger partial charge < -0.3 is 5.11 Å². The van der Waals surface area contributed by atoms with Gasteiger partial charge in [0.2, 0.25) is 0 Å². The molecule has 140 valence electrons. The summed E-state index contributed by atoms with van der Waals surface area (Å²) in [5.74, 6) is 1.01. The highest BCUT2D eigenvalue weighted by Gasteiger charge is 2.71. The molecule has 6 heteroatoms. The summed E-state index contributed by atoms with van der Waals surface area (Å²) in [6, 6.07) is 0. The summed E-state index contributed by atoms with van der Waals surface area (Å²) in [4.78, 5) is 12.0. The molecular formula is C19H24BrF3O2. The zero-order valence-electron chi connectivity index (χ0n) is 14.3. The Balaban J connectivity index is 1.67. The molecule has 3 saturated carbocycles. The first-order valence-electron chi connectivity index (χ1n) is 9.31. The zero-order chi connectivity index (χ0) is 18.2. The SMILES string of the molecule is C[C@]12CC[C@H]3[C@@H](CCC4=C(Br)C(=O)CC[C@@H]43)[C@@H]1CC[C@@]2(O)C(F)(F)F. The van der Waals surface area contributed by atoms with Gasteiger partial charge in [-0.15, -0.1) is 0 Å². The van der Waals surface area contributed by atoms with E-state index in [2.05, 4.69) is 15.9 Å². The highest BCUT2D eigenvalue weighted by atomic mass is 79.9. The van der Waals surface area contributed by atoms with Crippen molar-refractivity contribution in [2.75, 3.05) is 0 Å². The Labute approximate surface area is 154 Å². The fourth-order valence-corrected chi connectivity index (χ4v) is 7.41. The summed E-state index contributed by atoms with van der Waals surface area (Å²) in [6.45, 7) is 1.67. The molecular weight excluding hydrogens is 397 g/mol. The van der Waals surface area contributed by atoms with Crippen molar-refractivity contribution in [2.45, 2.75) is 70.1 Å². The standard InChI is InChI=1S/C19H24BrF3O2/c1-17-8-6-11-10-4-5-15(24)16(20)13(10)3-2-12(11)14(17)7-9-18(17,25)19(21,22)23/h10-12,14,25H,2-9H2,1H3/t10-,11-,12-,14+,17+,18+/m1/s1. The van der Waals surface area contributed by atoms with E-state index in [-0.39, 0.29) is 24.0 Å². The Morgan fingerprint density at radius 2 is 1.80 bits per heavy atom. The minimum atomic E-state index is -4.57. The molecule has 3 fully saturated rings. The number of carbonyl (C=O) groups excluding carboxylic acids is 1. The van der Waals surface area contributed by atoms with Crippen LogP contribution >= 0.6 is 15.9 Å². The van der Waals surface area contributed by atoms with Gasteiger partial charge in [-0.3, -0.25) is 4.79 Å². The van der Waals surface area contributed by atoms with Crippen LogP contribution in [0, 0.1) is 29.1 Å². The van der Waals surface area contributed by atoms with Crippen LogP contribution in [0.3, 0.4) is 0 Å². The average molecular weight is 421 g/mol. The molecule has 0 aliphatic heterocycles. The van der Waals surface area contributed by atoms with Crippen LogP contribution in [0.1, 0.15) is 58.3 Å². The summed E-state index contributed by atoms with van der Waals surface area (Å²) in [5.41, 5.74) is -2.42. The van der Waals surface area contributed by atoms with Crippen molar-refractivity contribution in [2.24, 2.45) is 29.1 Å². The lowest BCUT2D eigenvalue weighted by atomic mass is 9.50. The van der Waals surface area contributed by atoms with Crippen LogP contribution < -0.4 is 0 Å². The fraction of sp³-hybridized carbons (Fsp3) is 0.842. The largest absolute Gasteiger partial charge is 0.417 e. The van der Waals surface area contributed by atoms with E-state index < -0.39 is 17.2 Å². The molecule has 0 unspecified atom stereocenters. The molecule has 0 bridgehead atoms. The van der Waals surface area contributed by atoms with Gasteiger partial charge in [0.15, 0.2) is 11.4 Å². The molecule has 0 aromatic heterocycles. The molecule has 2 nitrogen and oxygen atoms in total. The van der Waals surface area contributed by atoms with E-state index in [0.717, 1.165) is 30.2 Å². The normalized spacial score (nSPS) is 47.4. The number of aliphatic hydroxyl groups is 1. The number of carbonyl (C=O) groups is 1. The minimum Gasteiger partial charge on any atom is -0.380 e. The summed E-state index contributed by atoms with van der Waals surface area (Å²) in [7, 11) is 0. The number of ketones is 1. The van der Waals surface area contributed by atoms with E-state index in [1.807, 2.05) is 0 Å². The van der Waals surface area contributed by atoms with Crippen molar-refractivity contribution in [1.29, 1.82) is 0 Å². The van der Waals surface area contributed by atoms with Crippen LogP contribution in [0.5, 0.6) is 0 Å². The minimum absolute atomic E-state index is 0.0733. The number of alkyl halides is 3. The average Bonchev–Trinajstić information content (AvgIpc) is 2.83. The van der Waals surface area contributed by atoms with E-state index >= 15 is 0 Å². The number of hydrogen-bond donors (Lipinski definition) is 1. The molecule has 4 aliphatic rings. The first-order chi connectivity index (χ1) is 11.6. The maximum Gasteiger partial charge on any atom is 0.417 e. The lowest BCUT2D eigenvalue weighted by Gasteiger charge is -2.55. The van der Waals surface area contributed by atoms with Crippen molar-refractivity contribution in [1.82, 2.24) is 0 Å². The van der Waals surface area contributed by atoms with Gasteiger partial charge in [0.1, 0.15) is 0 Å². The molecule has 0 aromatic rings. The van der Waals surface area contributed by atoms with Crippen molar-refractivity contribution < 1.29 is 23.1 Å². The summed E-state index contributed by atoms with van der Waals surface area (Å²) >= 11 is 3.46. The highest BCUT2D eigenvalue weighted by Crippen LogP contribution is 2.67. The third kappa shape index (κ3) is 2.28. The maximum atomic E-state index is 13.6. The summed E-state index contributed by atoms with van der Waals surface area (Å²) in [6.07, 6.45) is -0.131. The van der Waals surface area contributed by atoms with Crippen molar-refractivity contribution in [3.63, 3.8) is 0 Å². The monoisotopic (exact) mass is 420 g/mol.